The van der Waals surface area contributed by atoms with Crippen molar-refractivity contribution in [2.45, 2.75) is 52.7 Å². The van der Waals surface area contributed by atoms with Crippen molar-refractivity contribution in [3.8, 4) is 5.75 Å². The van der Waals surface area contributed by atoms with Gasteiger partial charge < -0.3 is 10.1 Å². The van der Waals surface area contributed by atoms with E-state index in [2.05, 4.69) is 66.3 Å². The molecule has 1 aromatic rings. The highest BCUT2D eigenvalue weighted by atomic mass is 79.9. The zero-order valence-corrected chi connectivity index (χ0v) is 14.9. The molecule has 0 aromatic heterocycles. The number of aryl methyl sites for hydroxylation is 1. The molecule has 0 spiro atoms. The van der Waals surface area contributed by atoms with Crippen molar-refractivity contribution in [3.05, 3.63) is 39.9 Å². The number of hydrogen-bond acceptors (Lipinski definition) is 2. The minimum atomic E-state index is 0.225. The van der Waals surface area contributed by atoms with Gasteiger partial charge in [0, 0.05) is 16.6 Å². The van der Waals surface area contributed by atoms with Crippen molar-refractivity contribution >= 4 is 15.9 Å². The number of ether oxygens (including phenoxy) is 1. The minimum absolute atomic E-state index is 0.225. The first-order chi connectivity index (χ1) is 10.1. The van der Waals surface area contributed by atoms with E-state index in [1.54, 1.807) is 0 Å². The quantitative estimate of drug-likeness (QED) is 0.728. The molecule has 0 heterocycles. The van der Waals surface area contributed by atoms with Crippen LogP contribution in [-0.2, 0) is 6.54 Å². The zero-order valence-electron chi connectivity index (χ0n) is 13.3. The number of benzene rings is 1. The van der Waals surface area contributed by atoms with Crippen LogP contribution in [-0.4, -0.2) is 12.6 Å². The van der Waals surface area contributed by atoms with Crippen LogP contribution in [0.2, 0.25) is 0 Å². The maximum Gasteiger partial charge on any atom is 0.127 e. The average molecular weight is 352 g/mol. The molecule has 1 atom stereocenters. The first kappa shape index (κ1) is 16.6. The lowest BCUT2D eigenvalue weighted by molar-refractivity contribution is 0.225. The molecule has 21 heavy (non-hydrogen) atoms. The minimum Gasteiger partial charge on any atom is -0.486 e. The maximum absolute atomic E-state index is 6.28. The molecule has 116 valence electrons. The summed E-state index contributed by atoms with van der Waals surface area (Å²) in [5.74, 6) is 1.70. The number of halogens is 1. The average Bonchev–Trinajstić information content (AvgIpc) is 2.43. The van der Waals surface area contributed by atoms with Gasteiger partial charge in [0.05, 0.1) is 0 Å². The van der Waals surface area contributed by atoms with Crippen molar-refractivity contribution in [2.24, 2.45) is 5.92 Å². The fourth-order valence-electron chi connectivity index (χ4n) is 2.63. The summed E-state index contributed by atoms with van der Waals surface area (Å²) < 4.78 is 7.40. The number of nitrogens with one attached hydrogen (secondary N) is 1. The third kappa shape index (κ3) is 5.15. The highest BCUT2D eigenvalue weighted by Crippen LogP contribution is 2.30. The van der Waals surface area contributed by atoms with Gasteiger partial charge in [-0.3, -0.25) is 0 Å². The van der Waals surface area contributed by atoms with E-state index in [0.29, 0.717) is 5.92 Å². The maximum atomic E-state index is 6.28. The zero-order chi connectivity index (χ0) is 15.2. The Hall–Kier alpha value is -0.800. The molecule has 3 heteroatoms. The fourth-order valence-corrected chi connectivity index (χ4v) is 3.25. The summed E-state index contributed by atoms with van der Waals surface area (Å²) in [4.78, 5) is 0. The summed E-state index contributed by atoms with van der Waals surface area (Å²) >= 11 is 3.60. The van der Waals surface area contributed by atoms with E-state index in [1.807, 2.05) is 0 Å². The summed E-state index contributed by atoms with van der Waals surface area (Å²) in [6.07, 6.45) is 8.18. The lowest BCUT2D eigenvalue weighted by atomic mass is 10.0. The summed E-state index contributed by atoms with van der Waals surface area (Å²) in [7, 11) is 0. The summed E-state index contributed by atoms with van der Waals surface area (Å²) in [5, 5.41) is 3.51. The Kier molecular flexibility index (Phi) is 6.31. The summed E-state index contributed by atoms with van der Waals surface area (Å²) in [6.45, 7) is 8.45. The number of allylic oxidation sites excluding steroid dienone is 1. The van der Waals surface area contributed by atoms with Crippen LogP contribution >= 0.6 is 15.9 Å². The molecular formula is C18H26BrNO. The third-order valence-corrected chi connectivity index (χ3v) is 4.12. The van der Waals surface area contributed by atoms with Gasteiger partial charge in [-0.15, -0.1) is 0 Å². The van der Waals surface area contributed by atoms with Gasteiger partial charge in [-0.1, -0.05) is 35.9 Å². The molecule has 0 amide bonds. The van der Waals surface area contributed by atoms with Crippen molar-refractivity contribution in [1.29, 1.82) is 0 Å². The SMILES string of the molecule is Cc1cc(Br)cc(CNCC(C)C)c1OC1C=CCCC1. The molecule has 2 rings (SSSR count). The van der Waals surface area contributed by atoms with Crippen LogP contribution in [0.15, 0.2) is 28.8 Å². The van der Waals surface area contributed by atoms with E-state index >= 15 is 0 Å². The van der Waals surface area contributed by atoms with E-state index in [4.69, 9.17) is 4.74 Å². The summed E-state index contributed by atoms with van der Waals surface area (Å²) in [6, 6.07) is 4.30. The van der Waals surface area contributed by atoms with Crippen molar-refractivity contribution in [3.63, 3.8) is 0 Å². The van der Waals surface area contributed by atoms with Gasteiger partial charge in [-0.25, -0.2) is 0 Å². The molecule has 0 aliphatic heterocycles. The van der Waals surface area contributed by atoms with E-state index < -0.39 is 0 Å². The highest BCUT2D eigenvalue weighted by molar-refractivity contribution is 9.10. The van der Waals surface area contributed by atoms with Crippen LogP contribution in [0.3, 0.4) is 0 Å². The van der Waals surface area contributed by atoms with Crippen LogP contribution in [0, 0.1) is 12.8 Å². The lowest BCUT2D eigenvalue weighted by Crippen LogP contribution is -2.21. The molecule has 0 fully saturated rings. The Balaban J connectivity index is 2.13. The van der Waals surface area contributed by atoms with Gasteiger partial charge >= 0.3 is 0 Å². The predicted octanol–water partition coefficient (Wildman–Crippen LogP) is 4.99. The fraction of sp³-hybridized carbons (Fsp3) is 0.556. The standard InChI is InChI=1S/C18H26BrNO/c1-13(2)11-20-12-15-10-16(19)9-14(3)18(15)21-17-7-5-4-6-8-17/h5,7,9-10,13,17,20H,4,6,8,11-12H2,1-3H3. The summed E-state index contributed by atoms with van der Waals surface area (Å²) in [5.41, 5.74) is 2.44. The third-order valence-electron chi connectivity index (χ3n) is 3.66. The van der Waals surface area contributed by atoms with Gasteiger partial charge in [-0.05, 0) is 62.4 Å². The normalized spacial score (nSPS) is 18.2. The van der Waals surface area contributed by atoms with Gasteiger partial charge in [-0.2, -0.15) is 0 Å². The van der Waals surface area contributed by atoms with Crippen molar-refractivity contribution < 1.29 is 4.74 Å². The topological polar surface area (TPSA) is 21.3 Å². The monoisotopic (exact) mass is 351 g/mol. The Morgan fingerprint density at radius 2 is 2.19 bits per heavy atom. The molecule has 2 nitrogen and oxygen atoms in total. The first-order valence-corrected chi connectivity index (χ1v) is 8.68. The molecule has 1 unspecified atom stereocenters. The Morgan fingerprint density at radius 1 is 1.38 bits per heavy atom. The van der Waals surface area contributed by atoms with Gasteiger partial charge in [0.1, 0.15) is 11.9 Å². The number of rotatable bonds is 6. The van der Waals surface area contributed by atoms with Crippen molar-refractivity contribution in [2.75, 3.05) is 6.54 Å². The van der Waals surface area contributed by atoms with E-state index in [-0.39, 0.29) is 6.10 Å². The number of hydrogen-bond donors (Lipinski definition) is 1. The molecule has 0 saturated heterocycles. The molecule has 0 radical (unpaired) electrons. The molecule has 1 aliphatic rings. The van der Waals surface area contributed by atoms with Crippen LogP contribution in [0.4, 0.5) is 0 Å². The molecule has 1 aromatic carbocycles. The molecule has 0 saturated carbocycles. The predicted molar refractivity (Wildman–Crippen MR) is 92.8 cm³/mol. The first-order valence-electron chi connectivity index (χ1n) is 7.89. The van der Waals surface area contributed by atoms with Gasteiger partial charge in [0.2, 0.25) is 0 Å². The smallest absolute Gasteiger partial charge is 0.127 e. The molecule has 1 aliphatic carbocycles. The van der Waals surface area contributed by atoms with Crippen molar-refractivity contribution in [1.82, 2.24) is 5.32 Å². The second kappa shape index (κ2) is 8.00. The molecule has 0 bridgehead atoms. The molecular weight excluding hydrogens is 326 g/mol. The van der Waals surface area contributed by atoms with Gasteiger partial charge in [0.25, 0.3) is 0 Å². The van der Waals surface area contributed by atoms with Crippen LogP contribution in [0.1, 0.15) is 44.2 Å². The van der Waals surface area contributed by atoms with Crippen LogP contribution < -0.4 is 10.1 Å². The van der Waals surface area contributed by atoms with E-state index in [1.165, 1.54) is 24.0 Å². The van der Waals surface area contributed by atoms with Crippen LogP contribution in [0.5, 0.6) is 5.75 Å². The second-order valence-electron chi connectivity index (χ2n) is 6.25. The van der Waals surface area contributed by atoms with E-state index in [9.17, 15) is 0 Å². The largest absolute Gasteiger partial charge is 0.486 e. The second-order valence-corrected chi connectivity index (χ2v) is 7.17. The van der Waals surface area contributed by atoms with E-state index in [0.717, 1.165) is 29.7 Å². The Labute approximate surface area is 137 Å². The highest BCUT2D eigenvalue weighted by Gasteiger charge is 2.15. The van der Waals surface area contributed by atoms with Crippen LogP contribution in [0.25, 0.3) is 0 Å². The Morgan fingerprint density at radius 3 is 2.86 bits per heavy atom. The molecule has 1 N–H and O–H groups in total. The Bertz CT molecular complexity index is 496. The lowest BCUT2D eigenvalue weighted by Gasteiger charge is -2.22. The van der Waals surface area contributed by atoms with Gasteiger partial charge in [0.15, 0.2) is 0 Å².